The van der Waals surface area contributed by atoms with Crippen molar-refractivity contribution in [3.8, 4) is 22.3 Å². The number of allylic oxidation sites excluding steroid dienone is 4. The van der Waals surface area contributed by atoms with Crippen molar-refractivity contribution in [3.05, 3.63) is 128 Å². The molecule has 0 spiro atoms. The van der Waals surface area contributed by atoms with Crippen LogP contribution in [0, 0.1) is 0 Å². The third-order valence-corrected chi connectivity index (χ3v) is 10.4. The summed E-state index contributed by atoms with van der Waals surface area (Å²) in [5.41, 5.74) is -0.434. The number of hydrogen-bond acceptors (Lipinski definition) is 0. The van der Waals surface area contributed by atoms with Crippen LogP contribution in [0.3, 0.4) is 0 Å². The molecule has 0 fully saturated rings. The number of fused-ring (bicyclic) bond motifs is 2. The summed E-state index contributed by atoms with van der Waals surface area (Å²) in [5, 5.41) is 0. The Balaban J connectivity index is 1.46. The van der Waals surface area contributed by atoms with Crippen molar-refractivity contribution in [2.45, 2.75) is 60.6 Å². The first-order valence-corrected chi connectivity index (χ1v) is 16.2. The van der Waals surface area contributed by atoms with Gasteiger partial charge in [-0.2, -0.15) is 0 Å². The second kappa shape index (κ2) is 13.2. The first kappa shape index (κ1) is 38.4. The van der Waals surface area contributed by atoms with E-state index < -0.39 is 47.0 Å². The van der Waals surface area contributed by atoms with Crippen LogP contribution in [-0.4, -0.2) is 35.4 Å². The fraction of sp³-hybridized carbons (Fsp3) is 0.263. The topological polar surface area (TPSA) is 0 Å². The van der Waals surface area contributed by atoms with Gasteiger partial charge in [-0.3, -0.25) is 0 Å². The molecule has 52 heavy (non-hydrogen) atoms. The Hall–Kier alpha value is -3.29. The number of alkyl halides is 12. The van der Waals surface area contributed by atoms with E-state index in [2.05, 4.69) is 0 Å². The summed E-state index contributed by atoms with van der Waals surface area (Å²) in [6.07, 6.45) is -19.7. The third kappa shape index (κ3) is 7.05. The van der Waals surface area contributed by atoms with Gasteiger partial charge in [0.25, 0.3) is 0 Å². The Morgan fingerprint density at radius 3 is 1.02 bits per heavy atom. The molecule has 2 atom stereocenters. The van der Waals surface area contributed by atoms with Gasteiger partial charge in [-0.25, -0.2) is 0 Å². The van der Waals surface area contributed by atoms with E-state index in [1.807, 2.05) is 49.3 Å². The molecule has 2 unspecified atom stereocenters. The van der Waals surface area contributed by atoms with E-state index >= 15 is 0 Å². The van der Waals surface area contributed by atoms with Gasteiger partial charge >= 0.3 is 311 Å². The molecular formula is C38H24F12Li2. The van der Waals surface area contributed by atoms with Crippen molar-refractivity contribution >= 4 is 46.6 Å². The van der Waals surface area contributed by atoms with Crippen molar-refractivity contribution in [2.24, 2.45) is 0 Å². The Morgan fingerprint density at radius 2 is 0.750 bits per heavy atom. The average Bonchev–Trinajstić information content (AvgIpc) is 3.45. The zero-order chi connectivity index (χ0) is 38.3. The van der Waals surface area contributed by atoms with E-state index in [9.17, 15) is 52.7 Å². The van der Waals surface area contributed by atoms with Gasteiger partial charge in [-0.15, -0.1) is 0 Å². The zero-order valence-electron chi connectivity index (χ0n) is 28.0. The van der Waals surface area contributed by atoms with Crippen LogP contribution >= 0.6 is 0 Å². The van der Waals surface area contributed by atoms with E-state index in [1.54, 1.807) is 24.3 Å². The summed E-state index contributed by atoms with van der Waals surface area (Å²) in [4.78, 5) is 0. The van der Waals surface area contributed by atoms with Crippen LogP contribution < -0.4 is 0 Å². The SMILES string of the molecule is [Li][CH]1C(C)=C(CCC2=C(C)[CH]([Li])c3cccc(-c4cc(C(F)(F)F)cc(C(F)(F)F)c4)c32)c2c(-c3cc(C(F)(F)F)cc(C(F)(F)F)c3)cccc21. The maximum absolute atomic E-state index is 13.8. The summed E-state index contributed by atoms with van der Waals surface area (Å²) >= 11 is 3.75. The normalized spacial score (nSPS) is 18.0. The second-order valence-corrected chi connectivity index (χ2v) is 13.4. The fourth-order valence-corrected chi connectivity index (χ4v) is 7.52. The Morgan fingerprint density at radius 1 is 0.462 bits per heavy atom. The summed E-state index contributed by atoms with van der Waals surface area (Å²) in [5.74, 6) is 0. The van der Waals surface area contributed by atoms with Crippen LogP contribution in [0.25, 0.3) is 33.4 Å². The predicted molar refractivity (Wildman–Crippen MR) is 175 cm³/mol. The van der Waals surface area contributed by atoms with Gasteiger partial charge < -0.3 is 0 Å². The Kier molecular flexibility index (Phi) is 9.78. The molecule has 0 amide bonds. The molecule has 14 heteroatoms. The molecular weight excluding hydrogens is 698 g/mol. The van der Waals surface area contributed by atoms with E-state index in [4.69, 9.17) is 0 Å². The number of benzene rings is 4. The van der Waals surface area contributed by atoms with Gasteiger partial charge in [0.15, 0.2) is 0 Å². The summed E-state index contributed by atoms with van der Waals surface area (Å²) < 4.78 is 166. The van der Waals surface area contributed by atoms with Crippen molar-refractivity contribution < 1.29 is 52.7 Å². The summed E-state index contributed by atoms with van der Waals surface area (Å²) in [6, 6.07) is 12.5. The molecule has 4 aromatic carbocycles. The first-order chi connectivity index (χ1) is 24.0. The number of halogens is 12. The fourth-order valence-electron chi connectivity index (χ4n) is 7.52. The van der Waals surface area contributed by atoms with E-state index in [0.29, 0.717) is 57.7 Å². The standard InChI is InChI=1S/C38H24F12.2Li/c1-19-11-21-5-3-7-31(23-13-25(35(39,40)41)17-26(14-23)36(42,43)44)33(21)29(19)9-10-30-20(2)12-22-6-4-8-32(34(22)30)24-15-27(37(45,46)47)18-28(16-24)38(48,49)50;;/h3-8,11-18H,9-10H2,1-2H3;;. The quantitative estimate of drug-likeness (QED) is 0.142. The Labute approximate surface area is 309 Å². The molecule has 0 radical (unpaired) electrons. The molecule has 2 aliphatic rings. The van der Waals surface area contributed by atoms with Gasteiger partial charge in [-0.1, -0.05) is 0 Å². The molecule has 0 saturated heterocycles. The van der Waals surface area contributed by atoms with Crippen LogP contribution in [0.2, 0.25) is 0 Å². The first-order valence-electron chi connectivity index (χ1n) is 16.2. The molecule has 262 valence electrons. The van der Waals surface area contributed by atoms with Gasteiger partial charge in [0, 0.05) is 0 Å². The molecule has 6 rings (SSSR count). The van der Waals surface area contributed by atoms with Crippen LogP contribution in [-0.2, 0) is 24.7 Å². The van der Waals surface area contributed by atoms with Crippen LogP contribution in [0.5, 0.6) is 0 Å². The van der Waals surface area contributed by atoms with Crippen molar-refractivity contribution in [1.29, 1.82) is 0 Å². The van der Waals surface area contributed by atoms with E-state index in [0.717, 1.165) is 11.1 Å². The molecule has 4 aromatic rings. The minimum absolute atomic E-state index is 0.0743. The Bertz CT molecular complexity index is 1930. The number of rotatable bonds is 5. The van der Waals surface area contributed by atoms with E-state index in [-0.39, 0.29) is 56.4 Å². The molecule has 0 heterocycles. The van der Waals surface area contributed by atoms with Crippen molar-refractivity contribution in [1.82, 2.24) is 0 Å². The molecule has 0 aromatic heterocycles. The molecule has 0 bridgehead atoms. The summed E-state index contributed by atoms with van der Waals surface area (Å²) in [6.45, 7) is 3.66. The molecule has 0 saturated carbocycles. The molecule has 0 nitrogen and oxygen atoms in total. The number of hydrogen-bond donors (Lipinski definition) is 0. The van der Waals surface area contributed by atoms with Crippen LogP contribution in [0.15, 0.2) is 83.9 Å². The summed E-state index contributed by atoms with van der Waals surface area (Å²) in [7, 11) is 0. The van der Waals surface area contributed by atoms with Crippen LogP contribution in [0.4, 0.5) is 52.7 Å². The third-order valence-electron chi connectivity index (χ3n) is 10.4. The van der Waals surface area contributed by atoms with Crippen LogP contribution in [0.1, 0.15) is 80.4 Å². The van der Waals surface area contributed by atoms with Gasteiger partial charge in [0.1, 0.15) is 0 Å². The molecule has 2 aliphatic carbocycles. The monoisotopic (exact) mass is 722 g/mol. The van der Waals surface area contributed by atoms with Gasteiger partial charge in [0.2, 0.25) is 0 Å². The average molecular weight is 722 g/mol. The maximum atomic E-state index is 13.8. The predicted octanol–water partition coefficient (Wildman–Crippen LogP) is 12.6. The van der Waals surface area contributed by atoms with Gasteiger partial charge in [-0.05, 0) is 0 Å². The molecule has 0 aliphatic heterocycles. The van der Waals surface area contributed by atoms with E-state index in [1.165, 1.54) is 12.1 Å². The van der Waals surface area contributed by atoms with Crippen molar-refractivity contribution in [2.75, 3.05) is 0 Å². The van der Waals surface area contributed by atoms with Crippen molar-refractivity contribution in [3.63, 3.8) is 0 Å². The van der Waals surface area contributed by atoms with Gasteiger partial charge in [0.05, 0.1) is 0 Å². The molecule has 0 N–H and O–H groups in total. The second-order valence-electron chi connectivity index (χ2n) is 13.4. The zero-order valence-corrected chi connectivity index (χ0v) is 28.0. The minimum atomic E-state index is -5.05.